The van der Waals surface area contributed by atoms with E-state index in [-0.39, 0.29) is 12.1 Å². The number of aromatic amines is 1. The first-order chi connectivity index (χ1) is 12.6. The minimum atomic E-state index is 0.0904. The van der Waals surface area contributed by atoms with Crippen molar-refractivity contribution in [1.82, 2.24) is 25.4 Å². The van der Waals surface area contributed by atoms with Gasteiger partial charge in [0.25, 0.3) is 0 Å². The number of aromatic nitrogens is 5. The molecule has 1 aromatic carbocycles. The highest BCUT2D eigenvalue weighted by Gasteiger charge is 2.23. The SMILES string of the molecule is Nc1ccc(Nc2nc(NC3CCCCC3N)nc3n[nH]nc23)cc1Cl. The summed E-state index contributed by atoms with van der Waals surface area (Å²) in [5, 5.41) is 17.8. The fourth-order valence-electron chi connectivity index (χ4n) is 3.14. The fourth-order valence-corrected chi connectivity index (χ4v) is 3.32. The van der Waals surface area contributed by atoms with E-state index in [1.54, 1.807) is 12.1 Å². The number of nitrogen functional groups attached to an aromatic ring is 1. The summed E-state index contributed by atoms with van der Waals surface area (Å²) in [4.78, 5) is 8.99. The van der Waals surface area contributed by atoms with Gasteiger partial charge in [-0.3, -0.25) is 0 Å². The Hall–Kier alpha value is -2.65. The summed E-state index contributed by atoms with van der Waals surface area (Å²) in [6.45, 7) is 0. The van der Waals surface area contributed by atoms with E-state index in [2.05, 4.69) is 36.0 Å². The third kappa shape index (κ3) is 3.35. The second-order valence-corrected chi connectivity index (χ2v) is 6.86. The summed E-state index contributed by atoms with van der Waals surface area (Å²) in [6, 6.07) is 5.51. The van der Waals surface area contributed by atoms with Gasteiger partial charge in [0.15, 0.2) is 11.3 Å². The quantitative estimate of drug-likeness (QED) is 0.438. The van der Waals surface area contributed by atoms with Crippen LogP contribution < -0.4 is 22.1 Å². The first kappa shape index (κ1) is 16.8. The Balaban J connectivity index is 1.64. The molecule has 10 heteroatoms. The molecule has 0 bridgehead atoms. The van der Waals surface area contributed by atoms with Crippen LogP contribution in [0.3, 0.4) is 0 Å². The van der Waals surface area contributed by atoms with Crippen LogP contribution in [0.4, 0.5) is 23.1 Å². The molecule has 9 nitrogen and oxygen atoms in total. The lowest BCUT2D eigenvalue weighted by atomic mass is 9.91. The van der Waals surface area contributed by atoms with Gasteiger partial charge in [-0.2, -0.15) is 20.3 Å². The van der Waals surface area contributed by atoms with Crippen LogP contribution in [-0.4, -0.2) is 37.5 Å². The van der Waals surface area contributed by atoms with Crippen LogP contribution in [0.5, 0.6) is 0 Å². The monoisotopic (exact) mass is 373 g/mol. The zero-order valence-corrected chi connectivity index (χ0v) is 14.8. The summed E-state index contributed by atoms with van der Waals surface area (Å²) in [6.07, 6.45) is 4.30. The second kappa shape index (κ2) is 6.93. The second-order valence-electron chi connectivity index (χ2n) is 6.45. The number of anilines is 4. The third-order valence-electron chi connectivity index (χ3n) is 4.58. The van der Waals surface area contributed by atoms with Gasteiger partial charge in [0, 0.05) is 17.8 Å². The van der Waals surface area contributed by atoms with Crippen molar-refractivity contribution < 1.29 is 0 Å². The Bertz CT molecular complexity index is 925. The van der Waals surface area contributed by atoms with E-state index in [0.717, 1.165) is 31.4 Å². The van der Waals surface area contributed by atoms with Gasteiger partial charge in [0.05, 0.1) is 10.7 Å². The number of hydrogen-bond acceptors (Lipinski definition) is 8. The largest absolute Gasteiger partial charge is 0.398 e. The Morgan fingerprint density at radius 1 is 1.15 bits per heavy atom. The summed E-state index contributed by atoms with van der Waals surface area (Å²) < 4.78 is 0. The predicted octanol–water partition coefficient (Wildman–Crippen LogP) is 2.41. The molecule has 3 aromatic rings. The molecule has 2 aromatic heterocycles. The molecule has 1 aliphatic carbocycles. The molecule has 26 heavy (non-hydrogen) atoms. The van der Waals surface area contributed by atoms with E-state index in [4.69, 9.17) is 23.1 Å². The Morgan fingerprint density at radius 3 is 2.81 bits per heavy atom. The van der Waals surface area contributed by atoms with E-state index >= 15 is 0 Å². The summed E-state index contributed by atoms with van der Waals surface area (Å²) in [5.74, 6) is 0.995. The number of nitrogens with one attached hydrogen (secondary N) is 3. The molecule has 1 aliphatic rings. The van der Waals surface area contributed by atoms with Crippen LogP contribution in [0.15, 0.2) is 18.2 Å². The number of hydrogen-bond donors (Lipinski definition) is 5. The summed E-state index contributed by atoms with van der Waals surface area (Å²) in [5.41, 5.74) is 14.2. The van der Waals surface area contributed by atoms with Crippen molar-refractivity contribution in [3.8, 4) is 0 Å². The van der Waals surface area contributed by atoms with Crippen LogP contribution in [0.1, 0.15) is 25.7 Å². The summed E-state index contributed by atoms with van der Waals surface area (Å²) in [7, 11) is 0. The Kier molecular flexibility index (Phi) is 4.48. The molecule has 0 spiro atoms. The molecule has 7 N–H and O–H groups in total. The average molecular weight is 374 g/mol. The maximum Gasteiger partial charge on any atom is 0.227 e. The van der Waals surface area contributed by atoms with Gasteiger partial charge in [0.2, 0.25) is 11.6 Å². The minimum Gasteiger partial charge on any atom is -0.398 e. The first-order valence-corrected chi connectivity index (χ1v) is 8.90. The molecule has 0 radical (unpaired) electrons. The van der Waals surface area contributed by atoms with E-state index in [9.17, 15) is 0 Å². The maximum absolute atomic E-state index is 6.22. The van der Waals surface area contributed by atoms with Crippen molar-refractivity contribution in [2.45, 2.75) is 37.8 Å². The first-order valence-electron chi connectivity index (χ1n) is 8.53. The molecule has 2 heterocycles. The highest BCUT2D eigenvalue weighted by Crippen LogP contribution is 2.28. The molecule has 2 unspecified atom stereocenters. The number of rotatable bonds is 4. The van der Waals surface area contributed by atoms with Crippen molar-refractivity contribution in [2.75, 3.05) is 16.4 Å². The highest BCUT2D eigenvalue weighted by molar-refractivity contribution is 6.33. The number of H-pyrrole nitrogens is 1. The van der Waals surface area contributed by atoms with Crippen LogP contribution in [-0.2, 0) is 0 Å². The van der Waals surface area contributed by atoms with Crippen molar-refractivity contribution in [1.29, 1.82) is 0 Å². The van der Waals surface area contributed by atoms with Gasteiger partial charge in [-0.25, -0.2) is 0 Å². The molecule has 0 amide bonds. The van der Waals surface area contributed by atoms with Crippen molar-refractivity contribution in [3.05, 3.63) is 23.2 Å². The number of nitrogens with two attached hydrogens (primary N) is 2. The number of nitrogens with zero attached hydrogens (tertiary/aromatic N) is 4. The van der Waals surface area contributed by atoms with Crippen LogP contribution in [0.25, 0.3) is 11.2 Å². The Morgan fingerprint density at radius 2 is 2.00 bits per heavy atom. The van der Waals surface area contributed by atoms with Gasteiger partial charge in [-0.15, -0.1) is 5.10 Å². The van der Waals surface area contributed by atoms with E-state index in [1.165, 1.54) is 0 Å². The lowest BCUT2D eigenvalue weighted by Gasteiger charge is -2.29. The van der Waals surface area contributed by atoms with E-state index in [0.29, 0.717) is 33.6 Å². The zero-order valence-electron chi connectivity index (χ0n) is 14.0. The van der Waals surface area contributed by atoms with Crippen molar-refractivity contribution >= 4 is 45.9 Å². The lowest BCUT2D eigenvalue weighted by Crippen LogP contribution is -2.43. The number of halogens is 1. The normalized spacial score (nSPS) is 20.2. The van der Waals surface area contributed by atoms with Crippen LogP contribution in [0.2, 0.25) is 5.02 Å². The average Bonchev–Trinajstić information content (AvgIpc) is 3.09. The van der Waals surface area contributed by atoms with Gasteiger partial charge in [-0.1, -0.05) is 24.4 Å². The highest BCUT2D eigenvalue weighted by atomic mass is 35.5. The molecule has 1 saturated carbocycles. The lowest BCUT2D eigenvalue weighted by molar-refractivity contribution is 0.402. The maximum atomic E-state index is 6.22. The van der Waals surface area contributed by atoms with Gasteiger partial charge >= 0.3 is 0 Å². The Labute approximate surface area is 154 Å². The topological polar surface area (TPSA) is 143 Å². The van der Waals surface area contributed by atoms with Crippen LogP contribution >= 0.6 is 11.6 Å². The molecule has 136 valence electrons. The van der Waals surface area contributed by atoms with Gasteiger partial charge in [-0.05, 0) is 31.0 Å². The van der Waals surface area contributed by atoms with Gasteiger partial charge < -0.3 is 22.1 Å². The molecule has 4 rings (SSSR count). The molecule has 2 atom stereocenters. The predicted molar refractivity (Wildman–Crippen MR) is 102 cm³/mol. The molecular formula is C16H20ClN9. The zero-order chi connectivity index (χ0) is 18.1. The van der Waals surface area contributed by atoms with Gasteiger partial charge in [0.1, 0.15) is 0 Å². The summed E-state index contributed by atoms with van der Waals surface area (Å²) >= 11 is 6.10. The smallest absolute Gasteiger partial charge is 0.227 e. The van der Waals surface area contributed by atoms with Crippen molar-refractivity contribution in [3.63, 3.8) is 0 Å². The van der Waals surface area contributed by atoms with E-state index < -0.39 is 0 Å². The molecule has 0 saturated heterocycles. The third-order valence-corrected chi connectivity index (χ3v) is 4.91. The molecule has 1 fully saturated rings. The molecule has 0 aliphatic heterocycles. The standard InChI is InChI=1S/C16H20ClN9/c17-9-7-8(5-6-10(9)18)20-14-13-15(25-26-24-13)23-16(22-14)21-12-4-2-1-3-11(12)19/h5-7,11-12H,1-4,18-19H2,(H3,20,21,22,23,24,25,26). The van der Waals surface area contributed by atoms with E-state index in [1.807, 2.05) is 6.07 Å². The van der Waals surface area contributed by atoms with Crippen LogP contribution in [0, 0.1) is 0 Å². The minimum absolute atomic E-state index is 0.0904. The number of benzene rings is 1. The fraction of sp³-hybridized carbons (Fsp3) is 0.375. The number of fused-ring (bicyclic) bond motifs is 1. The van der Waals surface area contributed by atoms with Crippen molar-refractivity contribution in [2.24, 2.45) is 5.73 Å². The molecular weight excluding hydrogens is 354 g/mol.